The van der Waals surface area contributed by atoms with Crippen molar-refractivity contribution < 1.29 is 33.2 Å². The van der Waals surface area contributed by atoms with Crippen molar-refractivity contribution in [1.29, 1.82) is 0 Å². The molecule has 13 heteroatoms. The van der Waals surface area contributed by atoms with E-state index in [2.05, 4.69) is 31.0 Å². The van der Waals surface area contributed by atoms with Gasteiger partial charge in [0.25, 0.3) is 5.91 Å². The Bertz CT molecular complexity index is 1210. The van der Waals surface area contributed by atoms with Crippen LogP contribution >= 0.6 is 0 Å². The number of pyridine rings is 1. The quantitative estimate of drug-likeness (QED) is 0.268. The van der Waals surface area contributed by atoms with Crippen LogP contribution in [0.3, 0.4) is 0 Å². The summed E-state index contributed by atoms with van der Waals surface area (Å²) in [5.74, 6) is -1.18. The van der Waals surface area contributed by atoms with Crippen LogP contribution in [0, 0.1) is 5.92 Å². The molecular formula is C28H38N6O7. The molecule has 3 N–H and O–H groups in total. The molecule has 0 unspecified atom stereocenters. The van der Waals surface area contributed by atoms with Gasteiger partial charge in [-0.2, -0.15) is 0 Å². The maximum absolute atomic E-state index is 13.2. The number of amides is 3. The van der Waals surface area contributed by atoms with E-state index >= 15 is 0 Å². The van der Waals surface area contributed by atoms with Crippen molar-refractivity contribution >= 4 is 23.5 Å². The third-order valence-corrected chi connectivity index (χ3v) is 6.94. The van der Waals surface area contributed by atoms with Crippen LogP contribution < -0.4 is 16.0 Å². The van der Waals surface area contributed by atoms with Crippen molar-refractivity contribution in [3.63, 3.8) is 0 Å². The number of aromatic nitrogens is 2. The van der Waals surface area contributed by atoms with E-state index in [-0.39, 0.29) is 30.4 Å². The minimum absolute atomic E-state index is 0.0424. The summed E-state index contributed by atoms with van der Waals surface area (Å²) >= 11 is 0. The lowest BCUT2D eigenvalue weighted by molar-refractivity contribution is -0.131. The third kappa shape index (κ3) is 8.90. The smallest absolute Gasteiger partial charge is 0.274 e. The predicted octanol–water partition coefficient (Wildman–Crippen LogP) is 0.248. The average Bonchev–Trinajstić information content (AvgIpc) is 3.54. The lowest BCUT2D eigenvalue weighted by Crippen LogP contribution is -2.52. The van der Waals surface area contributed by atoms with Gasteiger partial charge in [-0.05, 0) is 30.9 Å². The van der Waals surface area contributed by atoms with Gasteiger partial charge in [-0.1, -0.05) is 25.1 Å². The summed E-state index contributed by atoms with van der Waals surface area (Å²) in [6.07, 6.45) is 3.78. The highest BCUT2D eigenvalue weighted by Gasteiger charge is 2.50. The zero-order chi connectivity index (χ0) is 29.4. The first-order valence-electron chi connectivity index (χ1n) is 13.8. The van der Waals surface area contributed by atoms with E-state index in [4.69, 9.17) is 14.0 Å². The molecule has 2 saturated heterocycles. The first kappa shape index (κ1) is 30.3. The molecule has 2 fully saturated rings. The van der Waals surface area contributed by atoms with Gasteiger partial charge >= 0.3 is 0 Å². The van der Waals surface area contributed by atoms with E-state index in [0.717, 1.165) is 13.1 Å². The molecule has 0 spiro atoms. The van der Waals surface area contributed by atoms with Gasteiger partial charge < -0.3 is 29.9 Å². The molecule has 2 aliphatic rings. The molecule has 4 heterocycles. The summed E-state index contributed by atoms with van der Waals surface area (Å²) in [7, 11) is 0. The summed E-state index contributed by atoms with van der Waals surface area (Å²) in [6, 6.07) is 3.31. The largest absolute Gasteiger partial charge is 0.379 e. The summed E-state index contributed by atoms with van der Waals surface area (Å²) in [4.78, 5) is 58.0. The number of Topliss-reactive ketones (excluding diaryl/α,β-unsaturated/α-hetero) is 1. The molecule has 222 valence electrons. The minimum Gasteiger partial charge on any atom is -0.379 e. The molecule has 0 aromatic carbocycles. The number of morpholine rings is 1. The second-order valence-corrected chi connectivity index (χ2v) is 11.0. The Morgan fingerprint density at radius 3 is 2.54 bits per heavy atom. The minimum atomic E-state index is -1.02. The van der Waals surface area contributed by atoms with Crippen LogP contribution in [0.4, 0.5) is 0 Å². The molecule has 2 aromatic rings. The number of nitrogens with one attached hydrogen (secondary N) is 3. The molecule has 2 aliphatic heterocycles. The highest BCUT2D eigenvalue weighted by atomic mass is 16.6. The fourth-order valence-electron chi connectivity index (χ4n) is 4.53. The lowest BCUT2D eigenvalue weighted by atomic mass is 9.93. The van der Waals surface area contributed by atoms with Gasteiger partial charge in [0.05, 0.1) is 39.0 Å². The van der Waals surface area contributed by atoms with Crippen LogP contribution in [0.1, 0.15) is 49.0 Å². The molecule has 0 radical (unpaired) electrons. The van der Waals surface area contributed by atoms with Crippen molar-refractivity contribution in [2.75, 3.05) is 39.5 Å². The Balaban J connectivity index is 1.36. The normalized spacial score (nSPS) is 20.2. The number of hydrogen-bond acceptors (Lipinski definition) is 10. The SMILES string of the molecule is CC(C)C[C@H](NC(=O)CNC(=O)[C@H](Cc1cccnc1)NC(=O)c1cc(CN2CCOCC2)on1)C(=O)[C@@]1(C)CO1. The molecule has 3 amide bonds. The molecular weight excluding hydrogens is 532 g/mol. The lowest BCUT2D eigenvalue weighted by Gasteiger charge is -2.25. The van der Waals surface area contributed by atoms with Crippen LogP contribution in [0.25, 0.3) is 0 Å². The summed E-state index contributed by atoms with van der Waals surface area (Å²) < 4.78 is 16.0. The number of hydrogen-bond donors (Lipinski definition) is 3. The molecule has 13 nitrogen and oxygen atoms in total. The number of epoxide rings is 1. The van der Waals surface area contributed by atoms with Crippen LogP contribution in [-0.4, -0.2) is 95.7 Å². The molecule has 41 heavy (non-hydrogen) atoms. The zero-order valence-corrected chi connectivity index (χ0v) is 23.7. The second kappa shape index (κ2) is 13.8. The van der Waals surface area contributed by atoms with Gasteiger partial charge in [-0.25, -0.2) is 0 Å². The molecule has 3 atom stereocenters. The van der Waals surface area contributed by atoms with Gasteiger partial charge in [0, 0.05) is 38.0 Å². The van der Waals surface area contributed by atoms with Crippen molar-refractivity contribution in [2.45, 2.75) is 57.8 Å². The Labute approximate surface area is 238 Å². The van der Waals surface area contributed by atoms with Crippen molar-refractivity contribution in [3.8, 4) is 0 Å². The Morgan fingerprint density at radius 1 is 1.12 bits per heavy atom. The average molecular weight is 571 g/mol. The van der Waals surface area contributed by atoms with E-state index in [1.165, 1.54) is 0 Å². The van der Waals surface area contributed by atoms with E-state index in [0.29, 0.717) is 44.1 Å². The molecule has 0 saturated carbocycles. The maximum Gasteiger partial charge on any atom is 0.274 e. The maximum atomic E-state index is 13.2. The Morgan fingerprint density at radius 2 is 1.88 bits per heavy atom. The Kier molecular flexibility index (Phi) is 10.2. The van der Waals surface area contributed by atoms with E-state index in [1.54, 1.807) is 37.5 Å². The highest BCUT2D eigenvalue weighted by molar-refractivity contribution is 5.98. The zero-order valence-electron chi connectivity index (χ0n) is 23.7. The summed E-state index contributed by atoms with van der Waals surface area (Å²) in [5.41, 5.74) is -0.120. The number of carbonyl (C=O) groups excluding carboxylic acids is 4. The third-order valence-electron chi connectivity index (χ3n) is 6.94. The Hall–Kier alpha value is -3.68. The first-order chi connectivity index (χ1) is 19.6. The van der Waals surface area contributed by atoms with Gasteiger partial charge in [0.15, 0.2) is 17.2 Å². The van der Waals surface area contributed by atoms with Crippen molar-refractivity contribution in [3.05, 3.63) is 47.6 Å². The van der Waals surface area contributed by atoms with E-state index < -0.39 is 35.4 Å². The molecule has 0 aliphatic carbocycles. The number of nitrogens with zero attached hydrogens (tertiary/aromatic N) is 3. The van der Waals surface area contributed by atoms with E-state index in [1.807, 2.05) is 13.8 Å². The van der Waals surface area contributed by atoms with Crippen molar-refractivity contribution in [1.82, 2.24) is 31.0 Å². The van der Waals surface area contributed by atoms with Gasteiger partial charge in [0.2, 0.25) is 11.8 Å². The molecule has 2 aromatic heterocycles. The monoisotopic (exact) mass is 570 g/mol. The highest BCUT2D eigenvalue weighted by Crippen LogP contribution is 2.29. The first-order valence-corrected chi connectivity index (χ1v) is 13.8. The second-order valence-electron chi connectivity index (χ2n) is 11.0. The number of carbonyl (C=O) groups is 4. The van der Waals surface area contributed by atoms with Crippen LogP contribution in [0.2, 0.25) is 0 Å². The summed E-state index contributed by atoms with van der Waals surface area (Å²) in [6.45, 7) is 8.82. The standard InChI is InChI=1S/C28H38N6O7/c1-18(2)11-21(25(36)28(3)17-40-28)31-24(35)15-30-26(37)22(12-19-5-4-6-29-14-19)32-27(38)23-13-20(41-33-23)16-34-7-9-39-10-8-34/h4-6,13-14,18,21-22H,7-12,15-17H2,1-3H3,(H,30,37)(H,31,35)(H,32,38)/t21-,22-,28+/m0/s1. The van der Waals surface area contributed by atoms with Gasteiger partial charge in [-0.15, -0.1) is 0 Å². The van der Waals surface area contributed by atoms with Crippen LogP contribution in [0.15, 0.2) is 35.1 Å². The van der Waals surface area contributed by atoms with Gasteiger partial charge in [0.1, 0.15) is 11.6 Å². The van der Waals surface area contributed by atoms with Crippen molar-refractivity contribution in [2.24, 2.45) is 5.92 Å². The number of ether oxygens (including phenoxy) is 2. The predicted molar refractivity (Wildman–Crippen MR) is 146 cm³/mol. The molecule has 4 rings (SSSR count). The van der Waals surface area contributed by atoms with Crippen LogP contribution in [-0.2, 0) is 36.8 Å². The fraction of sp³-hybridized carbons (Fsp3) is 0.571. The fourth-order valence-corrected chi connectivity index (χ4v) is 4.53. The molecule has 0 bridgehead atoms. The van der Waals surface area contributed by atoms with Crippen LogP contribution in [0.5, 0.6) is 0 Å². The van der Waals surface area contributed by atoms with E-state index in [9.17, 15) is 19.2 Å². The number of ketones is 1. The number of rotatable bonds is 14. The topological polar surface area (TPSA) is 168 Å². The van der Waals surface area contributed by atoms with Gasteiger partial charge in [-0.3, -0.25) is 29.1 Å². The summed E-state index contributed by atoms with van der Waals surface area (Å²) in [5, 5.41) is 11.9.